The van der Waals surface area contributed by atoms with Gasteiger partial charge in [-0.05, 0) is 53.0 Å². The van der Waals surface area contributed by atoms with Crippen molar-refractivity contribution in [3.63, 3.8) is 0 Å². The zero-order chi connectivity index (χ0) is 16.1. The van der Waals surface area contributed by atoms with Gasteiger partial charge in [-0.3, -0.25) is 14.5 Å². The van der Waals surface area contributed by atoms with Crippen molar-refractivity contribution in [3.05, 3.63) is 20.4 Å². The van der Waals surface area contributed by atoms with E-state index in [4.69, 9.17) is 0 Å². The van der Waals surface area contributed by atoms with Gasteiger partial charge < -0.3 is 15.5 Å². The lowest BCUT2D eigenvalue weighted by Gasteiger charge is -2.24. The van der Waals surface area contributed by atoms with Gasteiger partial charge in [0.05, 0.1) is 0 Å². The lowest BCUT2D eigenvalue weighted by Crippen LogP contribution is -2.41. The Morgan fingerprint density at radius 2 is 1.86 bits per heavy atom. The fourth-order valence-corrected chi connectivity index (χ4v) is 3.10. The Kier molecular flexibility index (Phi) is 5.97. The molecule has 0 bridgehead atoms. The standard InChI is InChI=1S/C16H28N4O2/c1-4-20-10-5-7-12(20)11-18-14-13(15(21)16(14)22)17-8-6-9-19(2)3/h12,17-18H,4-11H2,1-3H3/t12-/m1/s1. The van der Waals surface area contributed by atoms with Crippen LogP contribution >= 0.6 is 0 Å². The van der Waals surface area contributed by atoms with Crippen LogP contribution in [0.2, 0.25) is 0 Å². The molecule has 1 aliphatic rings. The van der Waals surface area contributed by atoms with Crippen LogP contribution in [0.3, 0.4) is 0 Å². The molecule has 1 fully saturated rings. The first-order chi connectivity index (χ1) is 10.5. The molecule has 0 aromatic heterocycles. The molecular weight excluding hydrogens is 280 g/mol. The molecule has 0 aliphatic carbocycles. The molecular formula is C16H28N4O2. The molecule has 2 rings (SSSR count). The van der Waals surface area contributed by atoms with Gasteiger partial charge in [0.2, 0.25) is 0 Å². The molecule has 1 saturated heterocycles. The fourth-order valence-electron chi connectivity index (χ4n) is 3.10. The van der Waals surface area contributed by atoms with Crippen LogP contribution in [0.4, 0.5) is 11.4 Å². The number of rotatable bonds is 9. The third kappa shape index (κ3) is 3.87. The Morgan fingerprint density at radius 3 is 2.50 bits per heavy atom. The Balaban J connectivity index is 1.85. The first-order valence-corrected chi connectivity index (χ1v) is 8.24. The van der Waals surface area contributed by atoms with Crippen LogP contribution < -0.4 is 21.5 Å². The van der Waals surface area contributed by atoms with Crippen molar-refractivity contribution in [1.82, 2.24) is 9.80 Å². The Hall–Kier alpha value is -1.40. The fraction of sp³-hybridized carbons (Fsp3) is 0.750. The zero-order valence-corrected chi connectivity index (χ0v) is 13.9. The van der Waals surface area contributed by atoms with Gasteiger partial charge in [-0.15, -0.1) is 0 Å². The van der Waals surface area contributed by atoms with Gasteiger partial charge in [0.15, 0.2) is 0 Å². The van der Waals surface area contributed by atoms with Crippen LogP contribution in [0.15, 0.2) is 9.59 Å². The highest BCUT2D eigenvalue weighted by molar-refractivity contribution is 5.73. The van der Waals surface area contributed by atoms with E-state index < -0.39 is 0 Å². The number of nitrogens with one attached hydrogen (secondary N) is 2. The summed E-state index contributed by atoms with van der Waals surface area (Å²) < 4.78 is 0. The van der Waals surface area contributed by atoms with E-state index in [2.05, 4.69) is 27.4 Å². The maximum Gasteiger partial charge on any atom is 0.253 e. The third-order valence-corrected chi connectivity index (χ3v) is 4.41. The maximum absolute atomic E-state index is 11.7. The minimum absolute atomic E-state index is 0.379. The molecule has 6 nitrogen and oxygen atoms in total. The first kappa shape index (κ1) is 17.0. The number of hydrogen-bond acceptors (Lipinski definition) is 6. The van der Waals surface area contributed by atoms with Gasteiger partial charge in [-0.25, -0.2) is 0 Å². The zero-order valence-electron chi connectivity index (χ0n) is 13.9. The van der Waals surface area contributed by atoms with E-state index in [0.29, 0.717) is 24.0 Å². The van der Waals surface area contributed by atoms with Gasteiger partial charge >= 0.3 is 0 Å². The molecule has 0 spiro atoms. The van der Waals surface area contributed by atoms with Gasteiger partial charge in [0, 0.05) is 19.1 Å². The average Bonchev–Trinajstić information content (AvgIpc) is 2.95. The van der Waals surface area contributed by atoms with E-state index in [0.717, 1.165) is 39.0 Å². The summed E-state index contributed by atoms with van der Waals surface area (Å²) in [6.45, 7) is 6.73. The Labute approximate surface area is 132 Å². The molecule has 1 aromatic rings. The molecule has 0 amide bonds. The summed E-state index contributed by atoms with van der Waals surface area (Å²) in [7, 11) is 4.04. The van der Waals surface area contributed by atoms with Crippen LogP contribution in [-0.2, 0) is 0 Å². The van der Waals surface area contributed by atoms with E-state index in [1.165, 1.54) is 6.42 Å². The smallest absolute Gasteiger partial charge is 0.253 e. The van der Waals surface area contributed by atoms with Crippen molar-refractivity contribution in [2.75, 3.05) is 57.5 Å². The first-order valence-electron chi connectivity index (χ1n) is 8.24. The summed E-state index contributed by atoms with van der Waals surface area (Å²) in [6, 6.07) is 0.469. The van der Waals surface area contributed by atoms with E-state index in [9.17, 15) is 9.59 Å². The molecule has 2 N–H and O–H groups in total. The molecule has 0 saturated carbocycles. The maximum atomic E-state index is 11.7. The van der Waals surface area contributed by atoms with E-state index in [-0.39, 0.29) is 10.9 Å². The molecule has 1 aliphatic heterocycles. The van der Waals surface area contributed by atoms with Crippen LogP contribution in [0, 0.1) is 0 Å². The van der Waals surface area contributed by atoms with Crippen molar-refractivity contribution >= 4 is 11.4 Å². The van der Waals surface area contributed by atoms with Crippen molar-refractivity contribution in [3.8, 4) is 0 Å². The number of anilines is 2. The summed E-state index contributed by atoms with van der Waals surface area (Å²) in [5, 5.41) is 6.31. The Morgan fingerprint density at radius 1 is 1.18 bits per heavy atom. The van der Waals surface area contributed by atoms with Crippen LogP contribution in [0.25, 0.3) is 0 Å². The van der Waals surface area contributed by atoms with E-state index in [1.54, 1.807) is 0 Å². The minimum Gasteiger partial charge on any atom is -0.380 e. The number of nitrogens with zero attached hydrogens (tertiary/aromatic N) is 2. The lowest BCUT2D eigenvalue weighted by atomic mass is 10.1. The lowest BCUT2D eigenvalue weighted by molar-refractivity contribution is 0.277. The average molecular weight is 308 g/mol. The largest absolute Gasteiger partial charge is 0.380 e. The highest BCUT2D eigenvalue weighted by Crippen LogP contribution is 2.19. The second-order valence-electron chi connectivity index (χ2n) is 6.30. The van der Waals surface area contributed by atoms with Gasteiger partial charge in [0.25, 0.3) is 10.9 Å². The highest BCUT2D eigenvalue weighted by Gasteiger charge is 2.25. The number of likely N-dealkylation sites (tertiary alicyclic amines) is 1. The Bertz CT molecular complexity index is 548. The summed E-state index contributed by atoms with van der Waals surface area (Å²) >= 11 is 0. The second kappa shape index (κ2) is 7.74. The van der Waals surface area contributed by atoms with Crippen LogP contribution in [-0.4, -0.2) is 62.7 Å². The summed E-state index contributed by atoms with van der Waals surface area (Å²) in [6.07, 6.45) is 3.31. The quantitative estimate of drug-likeness (QED) is 0.513. The molecule has 1 aromatic carbocycles. The summed E-state index contributed by atoms with van der Waals surface area (Å²) in [4.78, 5) is 27.9. The monoisotopic (exact) mass is 308 g/mol. The predicted molar refractivity (Wildman–Crippen MR) is 91.8 cm³/mol. The minimum atomic E-state index is -0.383. The van der Waals surface area contributed by atoms with Crippen LogP contribution in [0.1, 0.15) is 26.2 Å². The topological polar surface area (TPSA) is 64.7 Å². The SMILES string of the molecule is CCN1CCC[C@@H]1CNc1c(NCCCN(C)C)c(=O)c1=O. The van der Waals surface area contributed by atoms with E-state index in [1.807, 2.05) is 14.1 Å². The molecule has 22 heavy (non-hydrogen) atoms. The third-order valence-electron chi connectivity index (χ3n) is 4.41. The molecule has 1 atom stereocenters. The van der Waals surface area contributed by atoms with Crippen molar-refractivity contribution < 1.29 is 0 Å². The molecule has 124 valence electrons. The number of hydrogen-bond donors (Lipinski definition) is 2. The molecule has 0 radical (unpaired) electrons. The van der Waals surface area contributed by atoms with Crippen LogP contribution in [0.5, 0.6) is 0 Å². The van der Waals surface area contributed by atoms with Gasteiger partial charge in [-0.1, -0.05) is 6.92 Å². The predicted octanol–water partition coefficient (Wildman–Crippen LogP) is 0.542. The molecule has 0 unspecified atom stereocenters. The molecule has 6 heteroatoms. The second-order valence-corrected chi connectivity index (χ2v) is 6.30. The van der Waals surface area contributed by atoms with E-state index >= 15 is 0 Å². The normalized spacial score (nSPS) is 19.2. The van der Waals surface area contributed by atoms with Crippen molar-refractivity contribution in [2.24, 2.45) is 0 Å². The highest BCUT2D eigenvalue weighted by atomic mass is 16.2. The van der Waals surface area contributed by atoms with Gasteiger partial charge in [0.1, 0.15) is 11.4 Å². The summed E-state index contributed by atoms with van der Waals surface area (Å²) in [5.74, 6) is 0. The van der Waals surface area contributed by atoms with Crippen molar-refractivity contribution in [2.45, 2.75) is 32.2 Å². The summed E-state index contributed by atoms with van der Waals surface area (Å²) in [5.41, 5.74) is 0.199. The van der Waals surface area contributed by atoms with Gasteiger partial charge in [-0.2, -0.15) is 0 Å². The number of likely N-dealkylation sites (N-methyl/N-ethyl adjacent to an activating group) is 1. The molecule has 1 heterocycles. The van der Waals surface area contributed by atoms with Crippen molar-refractivity contribution in [1.29, 1.82) is 0 Å².